The van der Waals surface area contributed by atoms with E-state index in [1.54, 1.807) is 0 Å². The second-order valence-corrected chi connectivity index (χ2v) is 5.01. The summed E-state index contributed by atoms with van der Waals surface area (Å²) in [6.07, 6.45) is 2.86. The zero-order chi connectivity index (χ0) is 8.70. The Morgan fingerprint density at radius 1 is 1.09 bits per heavy atom. The molecule has 0 aromatic rings. The van der Waals surface area contributed by atoms with Crippen LogP contribution in [0.3, 0.4) is 0 Å². The predicted octanol–water partition coefficient (Wildman–Crippen LogP) is 2.99. The SMILES string of the molecule is C[C@H]1OC(C)(C)CCC1(C)C. The largest absolute Gasteiger partial charge is 0.372 e. The number of hydrogen-bond acceptors (Lipinski definition) is 1. The Kier molecular flexibility index (Phi) is 2.04. The molecule has 0 aromatic carbocycles. The molecule has 0 aromatic heterocycles. The van der Waals surface area contributed by atoms with Crippen LogP contribution in [0.4, 0.5) is 0 Å². The van der Waals surface area contributed by atoms with Crippen LogP contribution in [-0.2, 0) is 4.74 Å². The summed E-state index contributed by atoms with van der Waals surface area (Å²) in [5.41, 5.74) is 0.477. The fourth-order valence-corrected chi connectivity index (χ4v) is 1.52. The van der Waals surface area contributed by atoms with Crippen molar-refractivity contribution in [3.05, 3.63) is 0 Å². The lowest BCUT2D eigenvalue weighted by atomic mass is 9.77. The molecular formula is C10H20O. The molecule has 0 bridgehead atoms. The first-order chi connectivity index (χ1) is 4.83. The van der Waals surface area contributed by atoms with Crippen molar-refractivity contribution in [2.24, 2.45) is 5.41 Å². The van der Waals surface area contributed by atoms with Gasteiger partial charge in [0.15, 0.2) is 0 Å². The van der Waals surface area contributed by atoms with E-state index in [1.165, 1.54) is 12.8 Å². The van der Waals surface area contributed by atoms with Gasteiger partial charge in [-0.25, -0.2) is 0 Å². The van der Waals surface area contributed by atoms with E-state index in [0.29, 0.717) is 11.5 Å². The molecule has 1 aliphatic rings. The van der Waals surface area contributed by atoms with E-state index in [4.69, 9.17) is 4.74 Å². The first kappa shape index (κ1) is 9.05. The Labute approximate surface area is 70.1 Å². The molecule has 1 heteroatoms. The van der Waals surface area contributed by atoms with Gasteiger partial charge in [0, 0.05) is 0 Å². The lowest BCUT2D eigenvalue weighted by Gasteiger charge is -2.44. The van der Waals surface area contributed by atoms with Gasteiger partial charge in [0.1, 0.15) is 0 Å². The van der Waals surface area contributed by atoms with Gasteiger partial charge in [0.25, 0.3) is 0 Å². The highest BCUT2D eigenvalue weighted by Gasteiger charge is 2.37. The van der Waals surface area contributed by atoms with Gasteiger partial charge in [-0.1, -0.05) is 13.8 Å². The van der Waals surface area contributed by atoms with Gasteiger partial charge in [-0.15, -0.1) is 0 Å². The second-order valence-electron chi connectivity index (χ2n) is 5.01. The summed E-state index contributed by atoms with van der Waals surface area (Å²) < 4.78 is 5.89. The Hall–Kier alpha value is -0.0400. The third-order valence-corrected chi connectivity index (χ3v) is 2.97. The van der Waals surface area contributed by atoms with Crippen LogP contribution in [0.15, 0.2) is 0 Å². The van der Waals surface area contributed by atoms with Gasteiger partial charge >= 0.3 is 0 Å². The van der Waals surface area contributed by atoms with E-state index in [0.717, 1.165) is 0 Å². The van der Waals surface area contributed by atoms with Crippen molar-refractivity contribution < 1.29 is 4.74 Å². The van der Waals surface area contributed by atoms with Crippen molar-refractivity contribution in [1.29, 1.82) is 0 Å². The van der Waals surface area contributed by atoms with Crippen LogP contribution in [0.2, 0.25) is 0 Å². The molecular weight excluding hydrogens is 136 g/mol. The third-order valence-electron chi connectivity index (χ3n) is 2.97. The standard InChI is InChI=1S/C10H20O/c1-8-9(2,3)6-7-10(4,5)11-8/h8H,6-7H2,1-5H3/t8-/m1/s1. The molecule has 0 spiro atoms. The van der Waals surface area contributed by atoms with Crippen molar-refractivity contribution in [2.75, 3.05) is 0 Å². The summed E-state index contributed by atoms with van der Waals surface area (Å²) in [5, 5.41) is 0. The van der Waals surface area contributed by atoms with E-state index in [9.17, 15) is 0 Å². The number of hydrogen-bond donors (Lipinski definition) is 0. The molecule has 1 fully saturated rings. The Morgan fingerprint density at radius 2 is 1.64 bits per heavy atom. The summed E-state index contributed by atoms with van der Waals surface area (Å²) >= 11 is 0. The predicted molar refractivity (Wildman–Crippen MR) is 47.6 cm³/mol. The van der Waals surface area contributed by atoms with Crippen molar-refractivity contribution in [3.8, 4) is 0 Å². The Balaban J connectivity index is 2.63. The quantitative estimate of drug-likeness (QED) is 0.524. The Morgan fingerprint density at radius 3 is 2.00 bits per heavy atom. The highest BCUT2D eigenvalue weighted by molar-refractivity contribution is 4.87. The molecule has 1 heterocycles. The van der Waals surface area contributed by atoms with Crippen LogP contribution < -0.4 is 0 Å². The molecule has 66 valence electrons. The van der Waals surface area contributed by atoms with E-state index in [2.05, 4.69) is 34.6 Å². The maximum absolute atomic E-state index is 5.89. The van der Waals surface area contributed by atoms with Gasteiger partial charge in [-0.3, -0.25) is 0 Å². The molecule has 1 saturated heterocycles. The van der Waals surface area contributed by atoms with Gasteiger partial charge in [-0.2, -0.15) is 0 Å². The van der Waals surface area contributed by atoms with Crippen molar-refractivity contribution in [3.63, 3.8) is 0 Å². The van der Waals surface area contributed by atoms with E-state index in [1.807, 2.05) is 0 Å². The fourth-order valence-electron chi connectivity index (χ4n) is 1.52. The molecule has 0 N–H and O–H groups in total. The zero-order valence-electron chi connectivity index (χ0n) is 8.40. The van der Waals surface area contributed by atoms with Crippen molar-refractivity contribution >= 4 is 0 Å². The van der Waals surface area contributed by atoms with E-state index < -0.39 is 0 Å². The first-order valence-corrected chi connectivity index (χ1v) is 4.51. The van der Waals surface area contributed by atoms with Crippen LogP contribution in [0, 0.1) is 5.41 Å². The first-order valence-electron chi connectivity index (χ1n) is 4.51. The molecule has 1 rings (SSSR count). The zero-order valence-corrected chi connectivity index (χ0v) is 8.40. The molecule has 0 saturated carbocycles. The van der Waals surface area contributed by atoms with Crippen LogP contribution >= 0.6 is 0 Å². The summed E-state index contributed by atoms with van der Waals surface area (Å²) in [6.45, 7) is 11.1. The van der Waals surface area contributed by atoms with Gasteiger partial charge < -0.3 is 4.74 Å². The maximum atomic E-state index is 5.89. The number of ether oxygens (including phenoxy) is 1. The molecule has 0 radical (unpaired) electrons. The normalized spacial score (nSPS) is 35.2. The molecule has 11 heavy (non-hydrogen) atoms. The van der Waals surface area contributed by atoms with Crippen LogP contribution in [0.1, 0.15) is 47.5 Å². The molecule has 0 aliphatic carbocycles. The van der Waals surface area contributed by atoms with Crippen LogP contribution in [0.5, 0.6) is 0 Å². The highest BCUT2D eigenvalue weighted by atomic mass is 16.5. The Bertz CT molecular complexity index is 147. The van der Waals surface area contributed by atoms with Gasteiger partial charge in [-0.05, 0) is 39.0 Å². The minimum absolute atomic E-state index is 0.106. The molecule has 1 aliphatic heterocycles. The lowest BCUT2D eigenvalue weighted by molar-refractivity contribution is -0.153. The highest BCUT2D eigenvalue weighted by Crippen LogP contribution is 2.39. The number of rotatable bonds is 0. The summed E-state index contributed by atoms with van der Waals surface area (Å²) in [6, 6.07) is 0. The molecule has 1 atom stereocenters. The minimum Gasteiger partial charge on any atom is -0.372 e. The van der Waals surface area contributed by atoms with Crippen LogP contribution in [0.25, 0.3) is 0 Å². The average molecular weight is 156 g/mol. The summed E-state index contributed by atoms with van der Waals surface area (Å²) in [4.78, 5) is 0. The minimum atomic E-state index is 0.106. The van der Waals surface area contributed by atoms with E-state index >= 15 is 0 Å². The van der Waals surface area contributed by atoms with Crippen LogP contribution in [-0.4, -0.2) is 11.7 Å². The second kappa shape index (κ2) is 2.48. The van der Waals surface area contributed by atoms with Gasteiger partial charge in [0.2, 0.25) is 0 Å². The fraction of sp³-hybridized carbons (Fsp3) is 1.00. The summed E-state index contributed by atoms with van der Waals surface area (Å²) in [5.74, 6) is 0. The molecule has 0 unspecified atom stereocenters. The van der Waals surface area contributed by atoms with Gasteiger partial charge in [0.05, 0.1) is 11.7 Å². The topological polar surface area (TPSA) is 9.23 Å². The summed E-state index contributed by atoms with van der Waals surface area (Å²) in [7, 11) is 0. The van der Waals surface area contributed by atoms with Crippen molar-refractivity contribution in [2.45, 2.75) is 59.2 Å². The van der Waals surface area contributed by atoms with E-state index in [-0.39, 0.29) is 5.60 Å². The third kappa shape index (κ3) is 1.96. The molecule has 1 nitrogen and oxygen atoms in total. The maximum Gasteiger partial charge on any atom is 0.0630 e. The average Bonchev–Trinajstić information content (AvgIpc) is 1.81. The lowest BCUT2D eigenvalue weighted by Crippen LogP contribution is -2.43. The monoisotopic (exact) mass is 156 g/mol. The van der Waals surface area contributed by atoms with Crippen molar-refractivity contribution in [1.82, 2.24) is 0 Å². The smallest absolute Gasteiger partial charge is 0.0630 e. The molecule has 0 amide bonds.